The predicted molar refractivity (Wildman–Crippen MR) is 99.6 cm³/mol. The topological polar surface area (TPSA) is 61.6 Å². The van der Waals surface area contributed by atoms with Crippen LogP contribution in [0.2, 0.25) is 0 Å². The molecule has 5 nitrogen and oxygen atoms in total. The summed E-state index contributed by atoms with van der Waals surface area (Å²) in [4.78, 5) is 10.3. The molecule has 0 fully saturated rings. The number of benzene rings is 1. The lowest BCUT2D eigenvalue weighted by Gasteiger charge is -2.24. The van der Waals surface area contributed by atoms with Gasteiger partial charge in [0, 0.05) is 18.7 Å². The van der Waals surface area contributed by atoms with Gasteiger partial charge in [0.25, 0.3) is 5.69 Å². The van der Waals surface area contributed by atoms with Crippen LogP contribution < -0.4 is 4.74 Å². The second-order valence-electron chi connectivity index (χ2n) is 6.28. The Labute approximate surface area is 152 Å². The quantitative estimate of drug-likeness (QED) is 0.289. The molecule has 0 bridgehead atoms. The number of hydrogen-bond donors (Lipinski definition) is 0. The van der Waals surface area contributed by atoms with Gasteiger partial charge < -0.3 is 9.47 Å². The Kier molecular flexibility index (Phi) is 8.42. The molecule has 0 saturated heterocycles. The Morgan fingerprint density at radius 1 is 1.42 bits per heavy atom. The number of nitro benzene ring substituents is 1. The summed E-state index contributed by atoms with van der Waals surface area (Å²) in [5.74, 6) is 0.599. The summed E-state index contributed by atoms with van der Waals surface area (Å²) in [6.07, 6.45) is 5.13. The van der Waals surface area contributed by atoms with Gasteiger partial charge in [0.1, 0.15) is 12.4 Å². The molecule has 0 spiro atoms. The highest BCUT2D eigenvalue weighted by atomic mass is 79.9. The van der Waals surface area contributed by atoms with E-state index in [0.717, 1.165) is 25.9 Å². The van der Waals surface area contributed by atoms with Crippen molar-refractivity contribution in [1.29, 1.82) is 0 Å². The first kappa shape index (κ1) is 20.6. The van der Waals surface area contributed by atoms with Crippen LogP contribution >= 0.6 is 15.9 Å². The lowest BCUT2D eigenvalue weighted by Crippen LogP contribution is -2.24. The van der Waals surface area contributed by atoms with Crippen molar-refractivity contribution in [2.24, 2.45) is 0 Å². The van der Waals surface area contributed by atoms with Crippen LogP contribution in [-0.2, 0) is 4.74 Å². The van der Waals surface area contributed by atoms with Crippen LogP contribution in [0, 0.1) is 10.1 Å². The molecule has 1 rings (SSSR count). The van der Waals surface area contributed by atoms with Crippen LogP contribution in [-0.4, -0.2) is 23.7 Å². The number of non-ortho nitro benzene ring substituents is 1. The molecule has 0 heterocycles. The number of halogens is 1. The molecule has 0 aliphatic heterocycles. The van der Waals surface area contributed by atoms with E-state index in [0.29, 0.717) is 16.8 Å². The van der Waals surface area contributed by atoms with Crippen LogP contribution in [0.15, 0.2) is 34.3 Å². The van der Waals surface area contributed by atoms with Gasteiger partial charge in [0.05, 0.1) is 15.0 Å². The zero-order valence-electron chi connectivity index (χ0n) is 14.8. The molecule has 0 aliphatic rings. The Hall–Kier alpha value is -1.40. The molecule has 1 aromatic carbocycles. The fourth-order valence-electron chi connectivity index (χ4n) is 2.35. The number of nitro groups is 1. The Morgan fingerprint density at radius 2 is 2.12 bits per heavy atom. The molecule has 1 aromatic rings. The van der Waals surface area contributed by atoms with Crippen molar-refractivity contribution in [3.05, 3.63) is 44.4 Å². The van der Waals surface area contributed by atoms with Crippen molar-refractivity contribution in [2.45, 2.75) is 52.6 Å². The third-order valence-corrected chi connectivity index (χ3v) is 4.30. The number of hydrogen-bond acceptors (Lipinski definition) is 4. The van der Waals surface area contributed by atoms with Crippen LogP contribution in [0.4, 0.5) is 5.69 Å². The van der Waals surface area contributed by atoms with Crippen molar-refractivity contribution in [3.63, 3.8) is 0 Å². The minimum atomic E-state index is -0.428. The standard InChI is InChI=1S/C18H26BrNO4/c1-5-24-18(3,4)11-6-7-14(2)10-12-23-17-9-8-15(20(21)22)13-16(17)19/h8-10,13H,5-7,11-12H2,1-4H3. The fourth-order valence-corrected chi connectivity index (χ4v) is 2.83. The van der Waals surface area contributed by atoms with Crippen molar-refractivity contribution < 1.29 is 14.4 Å². The normalized spacial score (nSPS) is 12.3. The molecule has 24 heavy (non-hydrogen) atoms. The first-order valence-electron chi connectivity index (χ1n) is 8.11. The largest absolute Gasteiger partial charge is 0.488 e. The lowest BCUT2D eigenvalue weighted by molar-refractivity contribution is -0.384. The van der Waals surface area contributed by atoms with Crippen molar-refractivity contribution in [3.8, 4) is 5.75 Å². The van der Waals surface area contributed by atoms with Gasteiger partial charge in [-0.05, 0) is 75.0 Å². The van der Waals surface area contributed by atoms with Gasteiger partial charge >= 0.3 is 0 Å². The van der Waals surface area contributed by atoms with Crippen LogP contribution in [0.1, 0.15) is 47.0 Å². The van der Waals surface area contributed by atoms with Crippen molar-refractivity contribution >= 4 is 21.6 Å². The SMILES string of the molecule is CCOC(C)(C)CCCC(C)=CCOc1ccc([N+](=O)[O-])cc1Br. The van der Waals surface area contributed by atoms with Gasteiger partial charge in [-0.1, -0.05) is 5.57 Å². The van der Waals surface area contributed by atoms with Gasteiger partial charge in [0.2, 0.25) is 0 Å². The number of nitrogens with zero attached hydrogens (tertiary/aromatic N) is 1. The summed E-state index contributed by atoms with van der Waals surface area (Å²) < 4.78 is 11.9. The maximum absolute atomic E-state index is 10.7. The molecule has 0 unspecified atom stereocenters. The van der Waals surface area contributed by atoms with Crippen LogP contribution in [0.5, 0.6) is 5.75 Å². The third-order valence-electron chi connectivity index (χ3n) is 3.68. The highest BCUT2D eigenvalue weighted by molar-refractivity contribution is 9.10. The summed E-state index contributed by atoms with van der Waals surface area (Å²) in [6.45, 7) is 9.51. The monoisotopic (exact) mass is 399 g/mol. The van der Waals surface area contributed by atoms with Crippen LogP contribution in [0.25, 0.3) is 0 Å². The van der Waals surface area contributed by atoms with Crippen molar-refractivity contribution in [1.82, 2.24) is 0 Å². The van der Waals surface area contributed by atoms with E-state index in [4.69, 9.17) is 9.47 Å². The molecule has 134 valence electrons. The minimum Gasteiger partial charge on any atom is -0.488 e. The molecule has 6 heteroatoms. The van der Waals surface area contributed by atoms with Crippen molar-refractivity contribution in [2.75, 3.05) is 13.2 Å². The molecule has 0 amide bonds. The number of ether oxygens (including phenoxy) is 2. The highest BCUT2D eigenvalue weighted by Crippen LogP contribution is 2.29. The number of rotatable bonds is 10. The zero-order valence-corrected chi connectivity index (χ0v) is 16.4. The van der Waals surface area contributed by atoms with Gasteiger partial charge in [-0.3, -0.25) is 10.1 Å². The van der Waals surface area contributed by atoms with E-state index >= 15 is 0 Å². The van der Waals surface area contributed by atoms with Gasteiger partial charge in [-0.25, -0.2) is 0 Å². The average Bonchev–Trinajstić information content (AvgIpc) is 2.48. The minimum absolute atomic E-state index is 0.0397. The van der Waals surface area contributed by atoms with E-state index in [-0.39, 0.29) is 11.3 Å². The fraction of sp³-hybridized carbons (Fsp3) is 0.556. The highest BCUT2D eigenvalue weighted by Gasteiger charge is 2.16. The molecule has 0 aliphatic carbocycles. The Bertz CT molecular complexity index is 584. The molecule has 0 N–H and O–H groups in total. The average molecular weight is 400 g/mol. The molecule has 0 atom stereocenters. The van der Waals surface area contributed by atoms with E-state index in [1.54, 1.807) is 6.07 Å². The summed E-state index contributed by atoms with van der Waals surface area (Å²) >= 11 is 3.30. The smallest absolute Gasteiger partial charge is 0.270 e. The maximum atomic E-state index is 10.7. The molecule has 0 radical (unpaired) electrons. The number of allylic oxidation sites excluding steroid dienone is 1. The maximum Gasteiger partial charge on any atom is 0.270 e. The van der Waals surface area contributed by atoms with Gasteiger partial charge in [-0.2, -0.15) is 0 Å². The first-order valence-corrected chi connectivity index (χ1v) is 8.91. The summed E-state index contributed by atoms with van der Waals surface area (Å²) in [5, 5.41) is 10.7. The molecule has 0 saturated carbocycles. The molecular weight excluding hydrogens is 374 g/mol. The van der Waals surface area contributed by atoms with E-state index in [9.17, 15) is 10.1 Å². The summed E-state index contributed by atoms with van der Waals surface area (Å²) in [6, 6.07) is 4.49. The van der Waals surface area contributed by atoms with E-state index in [1.807, 2.05) is 13.0 Å². The molecular formula is C18H26BrNO4. The summed E-state index contributed by atoms with van der Waals surface area (Å²) in [5.41, 5.74) is 1.23. The van der Waals surface area contributed by atoms with E-state index in [1.165, 1.54) is 17.7 Å². The first-order chi connectivity index (χ1) is 11.2. The van der Waals surface area contributed by atoms with E-state index in [2.05, 4.69) is 36.7 Å². The molecule has 0 aromatic heterocycles. The second kappa shape index (κ2) is 9.79. The van der Waals surface area contributed by atoms with Gasteiger partial charge in [0.15, 0.2) is 0 Å². The zero-order chi connectivity index (χ0) is 18.2. The Morgan fingerprint density at radius 3 is 2.71 bits per heavy atom. The lowest BCUT2D eigenvalue weighted by atomic mass is 9.99. The van der Waals surface area contributed by atoms with Crippen LogP contribution in [0.3, 0.4) is 0 Å². The summed E-state index contributed by atoms with van der Waals surface area (Å²) in [7, 11) is 0. The van der Waals surface area contributed by atoms with Gasteiger partial charge in [-0.15, -0.1) is 0 Å². The second-order valence-corrected chi connectivity index (χ2v) is 7.13. The van der Waals surface area contributed by atoms with E-state index < -0.39 is 4.92 Å². The Balaban J connectivity index is 2.42. The predicted octanol–water partition coefficient (Wildman–Crippen LogP) is 5.67. The third kappa shape index (κ3) is 7.45.